The average molecular weight is 282 g/mol. The number of hydrogen-bond acceptors (Lipinski definition) is 3. The van der Waals surface area contributed by atoms with Gasteiger partial charge in [-0.2, -0.15) is 0 Å². The van der Waals surface area contributed by atoms with Crippen LogP contribution < -0.4 is 0 Å². The Morgan fingerprint density at radius 2 is 2.16 bits per heavy atom. The zero-order valence-electron chi connectivity index (χ0n) is 11.4. The number of aryl methyl sites for hydroxylation is 1. The average Bonchev–Trinajstić information content (AvgIpc) is 2.38. The van der Waals surface area contributed by atoms with Gasteiger partial charge in [-0.1, -0.05) is 44.0 Å². The van der Waals surface area contributed by atoms with Gasteiger partial charge in [-0.3, -0.25) is 0 Å². The molecule has 2 atom stereocenters. The SMILES string of the molecule is CCCc1cccc(C(O)C2CCCCS2(=O)=O)c1. The first kappa shape index (κ1) is 14.5. The van der Waals surface area contributed by atoms with Crippen molar-refractivity contribution in [1.82, 2.24) is 0 Å². The number of benzene rings is 1. The van der Waals surface area contributed by atoms with Crippen LogP contribution in [0.4, 0.5) is 0 Å². The van der Waals surface area contributed by atoms with Crippen LogP contribution in [0.25, 0.3) is 0 Å². The minimum absolute atomic E-state index is 0.212. The normalized spacial score (nSPS) is 24.0. The quantitative estimate of drug-likeness (QED) is 0.923. The maximum absolute atomic E-state index is 12.0. The first-order valence-corrected chi connectivity index (χ1v) is 8.74. The van der Waals surface area contributed by atoms with Crippen LogP contribution in [0.2, 0.25) is 0 Å². The monoisotopic (exact) mass is 282 g/mol. The lowest BCUT2D eigenvalue weighted by Crippen LogP contribution is -2.33. The lowest BCUT2D eigenvalue weighted by molar-refractivity contribution is 0.164. The van der Waals surface area contributed by atoms with Gasteiger partial charge in [0.1, 0.15) is 0 Å². The molecule has 1 aliphatic rings. The highest BCUT2D eigenvalue weighted by Gasteiger charge is 2.35. The fourth-order valence-electron chi connectivity index (χ4n) is 2.77. The lowest BCUT2D eigenvalue weighted by Gasteiger charge is -2.27. The Bertz CT molecular complexity index is 522. The van der Waals surface area contributed by atoms with E-state index < -0.39 is 21.2 Å². The third kappa shape index (κ3) is 3.37. The number of hydrogen-bond donors (Lipinski definition) is 1. The van der Waals surface area contributed by atoms with Gasteiger partial charge in [0.05, 0.1) is 17.1 Å². The molecule has 1 heterocycles. The van der Waals surface area contributed by atoms with E-state index in [1.165, 1.54) is 0 Å². The van der Waals surface area contributed by atoms with Gasteiger partial charge < -0.3 is 5.11 Å². The van der Waals surface area contributed by atoms with Crippen LogP contribution in [0.3, 0.4) is 0 Å². The zero-order valence-corrected chi connectivity index (χ0v) is 12.2. The Hall–Kier alpha value is -0.870. The van der Waals surface area contributed by atoms with Crippen LogP contribution in [0.15, 0.2) is 24.3 Å². The van der Waals surface area contributed by atoms with Gasteiger partial charge in [-0.05, 0) is 30.4 Å². The molecule has 1 N–H and O–H groups in total. The fraction of sp³-hybridized carbons (Fsp3) is 0.600. The molecule has 1 aromatic rings. The molecule has 0 radical (unpaired) electrons. The van der Waals surface area contributed by atoms with Crippen LogP contribution in [0, 0.1) is 0 Å². The summed E-state index contributed by atoms with van der Waals surface area (Å²) in [5.41, 5.74) is 1.90. The van der Waals surface area contributed by atoms with E-state index in [4.69, 9.17) is 0 Å². The van der Waals surface area contributed by atoms with E-state index in [2.05, 4.69) is 6.92 Å². The van der Waals surface area contributed by atoms with Crippen molar-refractivity contribution in [3.8, 4) is 0 Å². The van der Waals surface area contributed by atoms with E-state index in [9.17, 15) is 13.5 Å². The van der Waals surface area contributed by atoms with Crippen LogP contribution in [0.5, 0.6) is 0 Å². The first-order chi connectivity index (χ1) is 9.04. The van der Waals surface area contributed by atoms with Gasteiger partial charge in [0, 0.05) is 0 Å². The topological polar surface area (TPSA) is 54.4 Å². The van der Waals surface area contributed by atoms with Crippen molar-refractivity contribution in [2.24, 2.45) is 0 Å². The van der Waals surface area contributed by atoms with Gasteiger partial charge >= 0.3 is 0 Å². The minimum atomic E-state index is -3.15. The molecular formula is C15H22O3S. The second-order valence-corrected chi connectivity index (χ2v) is 7.68. The summed E-state index contributed by atoms with van der Waals surface area (Å²) in [7, 11) is -3.15. The van der Waals surface area contributed by atoms with E-state index in [1.807, 2.05) is 24.3 Å². The number of sulfone groups is 1. The number of aliphatic hydroxyl groups excluding tert-OH is 1. The predicted molar refractivity (Wildman–Crippen MR) is 76.8 cm³/mol. The number of aliphatic hydroxyl groups is 1. The molecule has 0 bridgehead atoms. The van der Waals surface area contributed by atoms with Crippen molar-refractivity contribution < 1.29 is 13.5 Å². The summed E-state index contributed by atoms with van der Waals surface area (Å²) in [5.74, 6) is 0.212. The third-order valence-corrected chi connectivity index (χ3v) is 6.09. The van der Waals surface area contributed by atoms with E-state index in [1.54, 1.807) is 0 Å². The summed E-state index contributed by atoms with van der Waals surface area (Å²) in [5, 5.41) is 9.77. The Kier molecular flexibility index (Phi) is 4.63. The molecule has 0 saturated carbocycles. The van der Waals surface area contributed by atoms with Crippen LogP contribution in [0.1, 0.15) is 49.8 Å². The Balaban J connectivity index is 2.23. The smallest absolute Gasteiger partial charge is 0.156 e. The Labute approximate surface area is 115 Å². The summed E-state index contributed by atoms with van der Waals surface area (Å²) in [6.07, 6.45) is 3.29. The molecule has 1 aliphatic heterocycles. The summed E-state index contributed by atoms with van der Waals surface area (Å²) in [4.78, 5) is 0. The van der Waals surface area contributed by atoms with Gasteiger partial charge in [0.2, 0.25) is 0 Å². The van der Waals surface area contributed by atoms with Crippen molar-refractivity contribution in [2.45, 2.75) is 50.4 Å². The summed E-state index contributed by atoms with van der Waals surface area (Å²) in [6, 6.07) is 7.69. The van der Waals surface area contributed by atoms with Crippen molar-refractivity contribution in [1.29, 1.82) is 0 Å². The molecule has 2 rings (SSSR count). The predicted octanol–water partition coefficient (Wildman–Crippen LogP) is 2.64. The van der Waals surface area contributed by atoms with Crippen molar-refractivity contribution in [2.75, 3.05) is 5.75 Å². The fourth-order valence-corrected chi connectivity index (χ4v) is 4.75. The largest absolute Gasteiger partial charge is 0.387 e. The van der Waals surface area contributed by atoms with Gasteiger partial charge in [-0.15, -0.1) is 0 Å². The molecule has 2 unspecified atom stereocenters. The minimum Gasteiger partial charge on any atom is -0.387 e. The maximum atomic E-state index is 12.0. The maximum Gasteiger partial charge on any atom is 0.156 e. The molecule has 1 aromatic carbocycles. The first-order valence-electron chi connectivity index (χ1n) is 7.03. The molecular weight excluding hydrogens is 260 g/mol. The van der Waals surface area contributed by atoms with E-state index in [0.29, 0.717) is 6.42 Å². The van der Waals surface area contributed by atoms with Gasteiger partial charge in [-0.25, -0.2) is 8.42 Å². The van der Waals surface area contributed by atoms with Crippen molar-refractivity contribution >= 4 is 9.84 Å². The molecule has 4 heteroatoms. The molecule has 19 heavy (non-hydrogen) atoms. The third-order valence-electron chi connectivity index (χ3n) is 3.81. The Morgan fingerprint density at radius 3 is 2.84 bits per heavy atom. The molecule has 106 valence electrons. The summed E-state index contributed by atoms with van der Waals surface area (Å²) >= 11 is 0. The zero-order chi connectivity index (χ0) is 13.9. The van der Waals surface area contributed by atoms with Crippen LogP contribution in [-0.2, 0) is 16.3 Å². The molecule has 0 spiro atoms. The Morgan fingerprint density at radius 1 is 1.37 bits per heavy atom. The highest BCUT2D eigenvalue weighted by Crippen LogP contribution is 2.31. The summed E-state index contributed by atoms with van der Waals surface area (Å²) < 4.78 is 24.1. The molecule has 0 aliphatic carbocycles. The van der Waals surface area contributed by atoms with Crippen LogP contribution >= 0.6 is 0 Å². The lowest BCUT2D eigenvalue weighted by atomic mass is 9.99. The van der Waals surface area contributed by atoms with Gasteiger partial charge in [0.15, 0.2) is 9.84 Å². The van der Waals surface area contributed by atoms with Gasteiger partial charge in [0.25, 0.3) is 0 Å². The van der Waals surface area contributed by atoms with Crippen LogP contribution in [-0.4, -0.2) is 24.5 Å². The summed E-state index contributed by atoms with van der Waals surface area (Å²) in [6.45, 7) is 2.11. The van der Waals surface area contributed by atoms with E-state index in [0.717, 1.165) is 36.8 Å². The highest BCUT2D eigenvalue weighted by molar-refractivity contribution is 7.92. The molecule has 1 fully saturated rings. The number of rotatable bonds is 4. The highest BCUT2D eigenvalue weighted by atomic mass is 32.2. The van der Waals surface area contributed by atoms with Crippen molar-refractivity contribution in [3.63, 3.8) is 0 Å². The van der Waals surface area contributed by atoms with E-state index in [-0.39, 0.29) is 5.75 Å². The molecule has 3 nitrogen and oxygen atoms in total. The molecule has 0 amide bonds. The second kappa shape index (κ2) is 6.06. The second-order valence-electron chi connectivity index (χ2n) is 5.34. The molecule has 1 saturated heterocycles. The van der Waals surface area contributed by atoms with E-state index >= 15 is 0 Å². The molecule has 0 aromatic heterocycles. The van der Waals surface area contributed by atoms with Crippen molar-refractivity contribution in [3.05, 3.63) is 35.4 Å². The standard InChI is InChI=1S/C15H22O3S/c1-2-6-12-7-5-8-13(11-12)15(16)14-9-3-4-10-19(14,17)18/h5,7-8,11,14-16H,2-4,6,9-10H2,1H3.